The van der Waals surface area contributed by atoms with E-state index in [1.807, 2.05) is 31.2 Å². The van der Waals surface area contributed by atoms with Crippen LogP contribution in [-0.4, -0.2) is 32.2 Å². The number of benzene rings is 1. The highest BCUT2D eigenvalue weighted by Crippen LogP contribution is 2.17. The number of nitrogens with one attached hydrogen (secondary N) is 1. The molecule has 7 heteroatoms. The van der Waals surface area contributed by atoms with E-state index in [1.54, 1.807) is 0 Å². The van der Waals surface area contributed by atoms with Gasteiger partial charge in [-0.3, -0.25) is 4.79 Å². The molecular formula is C14H18BrN5O. The number of hydrogen-bond donors (Lipinski definition) is 1. The predicted molar refractivity (Wildman–Crippen MR) is 83.5 cm³/mol. The number of carbonyl (C=O) groups excluding carboxylic acids is 1. The van der Waals surface area contributed by atoms with Crippen LogP contribution in [0.5, 0.6) is 0 Å². The fourth-order valence-corrected chi connectivity index (χ4v) is 2.24. The van der Waals surface area contributed by atoms with E-state index in [0.29, 0.717) is 5.82 Å². The molecule has 6 nitrogen and oxygen atoms in total. The summed E-state index contributed by atoms with van der Waals surface area (Å²) in [6.45, 7) is 4.16. The maximum Gasteiger partial charge on any atom is 0.243 e. The molecule has 0 bridgehead atoms. The van der Waals surface area contributed by atoms with Gasteiger partial charge in [0.25, 0.3) is 0 Å². The van der Waals surface area contributed by atoms with Crippen molar-refractivity contribution in [2.45, 2.75) is 39.3 Å². The first kappa shape index (κ1) is 15.6. The van der Waals surface area contributed by atoms with E-state index in [1.165, 1.54) is 4.80 Å². The molecule has 0 fully saturated rings. The van der Waals surface area contributed by atoms with Crippen LogP contribution < -0.4 is 5.32 Å². The molecule has 1 heterocycles. The van der Waals surface area contributed by atoms with Gasteiger partial charge in [0, 0.05) is 16.1 Å². The summed E-state index contributed by atoms with van der Waals surface area (Å²) >= 11 is 3.38. The molecule has 0 aliphatic carbocycles. The maximum absolute atomic E-state index is 11.8. The van der Waals surface area contributed by atoms with Gasteiger partial charge in [0.1, 0.15) is 6.54 Å². The molecule has 1 amide bonds. The van der Waals surface area contributed by atoms with Crippen LogP contribution in [0.25, 0.3) is 11.4 Å². The Morgan fingerprint density at radius 1 is 1.38 bits per heavy atom. The van der Waals surface area contributed by atoms with Crippen molar-refractivity contribution < 1.29 is 4.79 Å². The lowest BCUT2D eigenvalue weighted by atomic mass is 10.2. The third-order valence-corrected chi connectivity index (χ3v) is 3.50. The number of hydrogen-bond acceptors (Lipinski definition) is 4. The molecule has 0 unspecified atom stereocenters. The second-order valence-corrected chi connectivity index (χ2v) is 5.82. The Bertz CT molecular complexity index is 596. The molecule has 112 valence electrons. The summed E-state index contributed by atoms with van der Waals surface area (Å²) in [5.41, 5.74) is 0.865. The van der Waals surface area contributed by atoms with Gasteiger partial charge in [-0.25, -0.2) is 0 Å². The Morgan fingerprint density at radius 3 is 2.76 bits per heavy atom. The van der Waals surface area contributed by atoms with Crippen molar-refractivity contribution >= 4 is 21.8 Å². The minimum Gasteiger partial charge on any atom is -0.352 e. The van der Waals surface area contributed by atoms with Crippen molar-refractivity contribution in [1.29, 1.82) is 0 Å². The molecule has 0 saturated carbocycles. The van der Waals surface area contributed by atoms with Crippen molar-refractivity contribution in [2.75, 3.05) is 0 Å². The van der Waals surface area contributed by atoms with Crippen LogP contribution in [0.3, 0.4) is 0 Å². The largest absolute Gasteiger partial charge is 0.352 e. The molecule has 2 rings (SSSR count). The summed E-state index contributed by atoms with van der Waals surface area (Å²) in [6, 6.07) is 7.78. The maximum atomic E-state index is 11.8. The van der Waals surface area contributed by atoms with Crippen LogP contribution in [-0.2, 0) is 11.3 Å². The number of rotatable bonds is 6. The van der Waals surface area contributed by atoms with Crippen molar-refractivity contribution in [3.8, 4) is 11.4 Å². The standard InChI is InChI=1S/C14H18BrN5O/c1-3-4-10(2)16-13(21)9-20-18-14(17-19-20)11-5-7-12(15)8-6-11/h5-8,10H,3-4,9H2,1-2H3,(H,16,21)/t10-/m0/s1. The quantitative estimate of drug-likeness (QED) is 0.867. The number of amides is 1. The van der Waals surface area contributed by atoms with Crippen LogP contribution >= 0.6 is 15.9 Å². The predicted octanol–water partition coefficient (Wildman–Crippen LogP) is 2.41. The van der Waals surface area contributed by atoms with Crippen molar-refractivity contribution in [3.05, 3.63) is 28.7 Å². The summed E-state index contributed by atoms with van der Waals surface area (Å²) in [7, 11) is 0. The fraction of sp³-hybridized carbons (Fsp3) is 0.429. The monoisotopic (exact) mass is 351 g/mol. The van der Waals surface area contributed by atoms with Crippen LogP contribution in [0.1, 0.15) is 26.7 Å². The Kier molecular flexibility index (Phi) is 5.44. The lowest BCUT2D eigenvalue weighted by Gasteiger charge is -2.11. The second kappa shape index (κ2) is 7.31. The second-order valence-electron chi connectivity index (χ2n) is 4.91. The molecule has 1 atom stereocenters. The molecular weight excluding hydrogens is 334 g/mol. The van der Waals surface area contributed by atoms with E-state index in [-0.39, 0.29) is 18.5 Å². The van der Waals surface area contributed by atoms with E-state index in [4.69, 9.17) is 0 Å². The molecule has 0 spiro atoms. The zero-order valence-corrected chi connectivity index (χ0v) is 13.7. The van der Waals surface area contributed by atoms with Crippen LogP contribution in [0, 0.1) is 0 Å². The molecule has 1 aromatic heterocycles. The molecule has 0 radical (unpaired) electrons. The number of nitrogens with zero attached hydrogens (tertiary/aromatic N) is 4. The van der Waals surface area contributed by atoms with Gasteiger partial charge in [-0.2, -0.15) is 4.80 Å². The van der Waals surface area contributed by atoms with Crippen LogP contribution in [0.4, 0.5) is 0 Å². The van der Waals surface area contributed by atoms with Gasteiger partial charge < -0.3 is 5.32 Å². The average Bonchev–Trinajstić information content (AvgIpc) is 2.88. The Balaban J connectivity index is 1.97. The van der Waals surface area contributed by atoms with Crippen molar-refractivity contribution in [1.82, 2.24) is 25.5 Å². The Morgan fingerprint density at radius 2 is 2.10 bits per heavy atom. The first-order valence-corrected chi connectivity index (χ1v) is 7.71. The summed E-state index contributed by atoms with van der Waals surface area (Å²) in [5, 5.41) is 15.0. The van der Waals surface area contributed by atoms with E-state index in [0.717, 1.165) is 22.9 Å². The highest BCUT2D eigenvalue weighted by molar-refractivity contribution is 9.10. The van der Waals surface area contributed by atoms with E-state index in [2.05, 4.69) is 43.6 Å². The zero-order valence-electron chi connectivity index (χ0n) is 12.1. The van der Waals surface area contributed by atoms with Gasteiger partial charge in [0.2, 0.25) is 11.7 Å². The van der Waals surface area contributed by atoms with Gasteiger partial charge in [0.05, 0.1) is 0 Å². The normalized spacial score (nSPS) is 12.1. The lowest BCUT2D eigenvalue weighted by molar-refractivity contribution is -0.122. The summed E-state index contributed by atoms with van der Waals surface area (Å²) in [4.78, 5) is 13.2. The van der Waals surface area contributed by atoms with E-state index in [9.17, 15) is 4.79 Å². The average molecular weight is 352 g/mol. The van der Waals surface area contributed by atoms with Crippen molar-refractivity contribution in [2.24, 2.45) is 0 Å². The van der Waals surface area contributed by atoms with E-state index < -0.39 is 0 Å². The third kappa shape index (κ3) is 4.63. The first-order chi connectivity index (χ1) is 10.1. The smallest absolute Gasteiger partial charge is 0.243 e. The van der Waals surface area contributed by atoms with Gasteiger partial charge in [-0.1, -0.05) is 29.3 Å². The van der Waals surface area contributed by atoms with Crippen molar-refractivity contribution in [3.63, 3.8) is 0 Å². The molecule has 2 aromatic rings. The number of aromatic nitrogens is 4. The third-order valence-electron chi connectivity index (χ3n) is 2.97. The molecule has 0 saturated heterocycles. The molecule has 1 N–H and O–H groups in total. The zero-order chi connectivity index (χ0) is 15.2. The van der Waals surface area contributed by atoms with Gasteiger partial charge in [-0.15, -0.1) is 10.2 Å². The summed E-state index contributed by atoms with van der Waals surface area (Å²) in [6.07, 6.45) is 2.00. The molecule has 1 aromatic carbocycles. The van der Waals surface area contributed by atoms with Crippen LogP contribution in [0.15, 0.2) is 28.7 Å². The fourth-order valence-electron chi connectivity index (χ4n) is 1.98. The minimum atomic E-state index is -0.101. The molecule has 0 aliphatic rings. The van der Waals surface area contributed by atoms with Gasteiger partial charge in [0.15, 0.2) is 0 Å². The lowest BCUT2D eigenvalue weighted by Crippen LogP contribution is -2.35. The minimum absolute atomic E-state index is 0.0809. The molecule has 0 aliphatic heterocycles. The SMILES string of the molecule is CCC[C@H](C)NC(=O)Cn1nnc(-c2ccc(Br)cc2)n1. The van der Waals surface area contributed by atoms with Gasteiger partial charge >= 0.3 is 0 Å². The molecule has 21 heavy (non-hydrogen) atoms. The number of tetrazole rings is 1. The number of halogens is 1. The summed E-state index contributed by atoms with van der Waals surface area (Å²) < 4.78 is 0.989. The first-order valence-electron chi connectivity index (χ1n) is 6.91. The Hall–Kier alpha value is -1.76. The highest BCUT2D eigenvalue weighted by Gasteiger charge is 2.11. The van der Waals surface area contributed by atoms with Gasteiger partial charge in [-0.05, 0) is 42.8 Å². The Labute approximate surface area is 132 Å². The summed E-state index contributed by atoms with van der Waals surface area (Å²) in [5.74, 6) is 0.410. The highest BCUT2D eigenvalue weighted by atomic mass is 79.9. The number of carbonyl (C=O) groups is 1. The van der Waals surface area contributed by atoms with Crippen LogP contribution in [0.2, 0.25) is 0 Å². The topological polar surface area (TPSA) is 72.7 Å². The van der Waals surface area contributed by atoms with E-state index >= 15 is 0 Å².